The first-order chi connectivity index (χ1) is 17.5. The predicted molar refractivity (Wildman–Crippen MR) is 141 cm³/mol. The van der Waals surface area contributed by atoms with Gasteiger partial charge in [-0.05, 0) is 72.9 Å². The van der Waals surface area contributed by atoms with Crippen molar-refractivity contribution in [3.8, 4) is 23.1 Å². The van der Waals surface area contributed by atoms with Crippen LogP contribution in [0.3, 0.4) is 0 Å². The lowest BCUT2D eigenvalue weighted by molar-refractivity contribution is 0.0730. The second-order valence-corrected chi connectivity index (χ2v) is 9.56. The molecule has 6 nitrogen and oxygen atoms in total. The maximum atomic E-state index is 13.2. The van der Waals surface area contributed by atoms with Crippen molar-refractivity contribution < 1.29 is 4.79 Å². The Labute approximate surface area is 219 Å². The zero-order valence-electron chi connectivity index (χ0n) is 19.4. The molecule has 3 aromatic carbocycles. The Kier molecular flexibility index (Phi) is 7.06. The number of halogens is 2. The first-order valence-corrected chi connectivity index (χ1v) is 12.4. The Bertz CT molecular complexity index is 1420. The Morgan fingerprint density at radius 2 is 1.67 bits per heavy atom. The molecule has 1 saturated heterocycles. The lowest BCUT2D eigenvalue weighted by atomic mass is 9.89. The van der Waals surface area contributed by atoms with Crippen LogP contribution in [0.5, 0.6) is 0 Å². The van der Waals surface area contributed by atoms with Crippen LogP contribution in [0, 0.1) is 11.3 Å². The molecule has 180 valence electrons. The van der Waals surface area contributed by atoms with Gasteiger partial charge < -0.3 is 0 Å². The van der Waals surface area contributed by atoms with E-state index in [0.717, 1.165) is 37.2 Å². The van der Waals surface area contributed by atoms with Crippen molar-refractivity contribution >= 4 is 29.1 Å². The van der Waals surface area contributed by atoms with Crippen LogP contribution in [0.15, 0.2) is 79.0 Å². The van der Waals surface area contributed by atoms with Crippen molar-refractivity contribution in [2.45, 2.75) is 18.8 Å². The van der Waals surface area contributed by atoms with E-state index in [-0.39, 0.29) is 5.91 Å². The molecule has 36 heavy (non-hydrogen) atoms. The molecule has 0 bridgehead atoms. The number of carbonyl (C=O) groups is 1. The number of carbonyl (C=O) groups excluding carboxylic acids is 1. The number of nitrogens with zero attached hydrogens (tertiary/aromatic N) is 4. The van der Waals surface area contributed by atoms with Crippen LogP contribution >= 0.6 is 23.2 Å². The number of nitriles is 1. The highest BCUT2D eigenvalue weighted by Gasteiger charge is 2.24. The van der Waals surface area contributed by atoms with Crippen LogP contribution < -0.4 is 5.43 Å². The number of hydrogen-bond donors (Lipinski definition) is 1. The number of imidazole rings is 1. The lowest BCUT2D eigenvalue weighted by Crippen LogP contribution is -2.46. The Hall–Kier alpha value is -3.63. The fourth-order valence-electron chi connectivity index (χ4n) is 4.48. The number of piperidine rings is 1. The van der Waals surface area contributed by atoms with Gasteiger partial charge in [-0.1, -0.05) is 47.5 Å². The van der Waals surface area contributed by atoms with E-state index in [0.29, 0.717) is 33.0 Å². The minimum Gasteiger partial charge on any atom is -0.299 e. The van der Waals surface area contributed by atoms with Gasteiger partial charge in [0.15, 0.2) is 0 Å². The molecule has 5 rings (SSSR count). The lowest BCUT2D eigenvalue weighted by Gasteiger charge is -2.32. The highest BCUT2D eigenvalue weighted by atomic mass is 35.5. The third-order valence-corrected chi connectivity index (χ3v) is 7.01. The minimum absolute atomic E-state index is 0.271. The largest absolute Gasteiger partial charge is 0.299 e. The Morgan fingerprint density at radius 1 is 0.972 bits per heavy atom. The molecule has 1 aliphatic rings. The first-order valence-electron chi connectivity index (χ1n) is 11.7. The van der Waals surface area contributed by atoms with Gasteiger partial charge in [0.05, 0.1) is 16.7 Å². The number of amides is 1. The normalized spacial score (nSPS) is 14.4. The fraction of sp³-hybridized carbons (Fsp3) is 0.179. The molecular formula is C28H23Cl2N5O. The smallest absolute Gasteiger partial charge is 0.285 e. The summed E-state index contributed by atoms with van der Waals surface area (Å²) in [5, 5.41) is 12.1. The van der Waals surface area contributed by atoms with Gasteiger partial charge in [-0.15, -0.1) is 0 Å². The molecule has 8 heteroatoms. The number of hydrazine groups is 1. The molecule has 1 aromatic heterocycles. The highest BCUT2D eigenvalue weighted by molar-refractivity contribution is 6.33. The molecule has 0 radical (unpaired) electrons. The van der Waals surface area contributed by atoms with E-state index in [4.69, 9.17) is 28.5 Å². The van der Waals surface area contributed by atoms with Crippen LogP contribution in [0.1, 0.15) is 40.4 Å². The summed E-state index contributed by atoms with van der Waals surface area (Å²) < 4.78 is 1.85. The Morgan fingerprint density at radius 3 is 2.33 bits per heavy atom. The fourth-order valence-corrected chi connectivity index (χ4v) is 4.82. The average molecular weight is 516 g/mol. The molecule has 0 spiro atoms. The van der Waals surface area contributed by atoms with Crippen LogP contribution in [-0.4, -0.2) is 33.6 Å². The highest BCUT2D eigenvalue weighted by Crippen LogP contribution is 2.30. The zero-order valence-corrected chi connectivity index (χ0v) is 20.9. The average Bonchev–Trinajstić information content (AvgIpc) is 3.35. The molecule has 0 aliphatic carbocycles. The van der Waals surface area contributed by atoms with Crippen LogP contribution in [-0.2, 0) is 0 Å². The first kappa shape index (κ1) is 24.1. The van der Waals surface area contributed by atoms with Crippen molar-refractivity contribution in [3.63, 3.8) is 0 Å². The molecule has 0 saturated carbocycles. The van der Waals surface area contributed by atoms with Gasteiger partial charge in [-0.25, -0.2) is 9.99 Å². The van der Waals surface area contributed by atoms with Gasteiger partial charge in [-0.2, -0.15) is 5.26 Å². The summed E-state index contributed by atoms with van der Waals surface area (Å²) in [6.45, 7) is 1.46. The van der Waals surface area contributed by atoms with Crippen LogP contribution in [0.25, 0.3) is 17.1 Å². The van der Waals surface area contributed by atoms with E-state index in [1.165, 1.54) is 5.56 Å². The number of benzene rings is 3. The van der Waals surface area contributed by atoms with Crippen molar-refractivity contribution in [3.05, 3.63) is 106 Å². The quantitative estimate of drug-likeness (QED) is 0.341. The van der Waals surface area contributed by atoms with Gasteiger partial charge in [0, 0.05) is 35.6 Å². The number of nitrogens with one attached hydrogen (secondary N) is 1. The molecule has 4 aromatic rings. The van der Waals surface area contributed by atoms with Gasteiger partial charge in [0.2, 0.25) is 0 Å². The van der Waals surface area contributed by atoms with Crippen LogP contribution in [0.4, 0.5) is 0 Å². The molecular weight excluding hydrogens is 493 g/mol. The molecule has 1 aliphatic heterocycles. The summed E-state index contributed by atoms with van der Waals surface area (Å²) >= 11 is 12.5. The van der Waals surface area contributed by atoms with E-state index < -0.39 is 0 Å². The van der Waals surface area contributed by atoms with Crippen molar-refractivity contribution in [2.75, 3.05) is 13.1 Å². The third kappa shape index (κ3) is 5.14. The summed E-state index contributed by atoms with van der Waals surface area (Å²) in [6.07, 6.45) is 3.55. The van der Waals surface area contributed by atoms with E-state index in [2.05, 4.69) is 16.5 Å². The summed E-state index contributed by atoms with van der Waals surface area (Å²) in [6, 6.07) is 24.7. The Balaban J connectivity index is 1.33. The minimum atomic E-state index is -0.271. The van der Waals surface area contributed by atoms with Crippen molar-refractivity contribution in [1.82, 2.24) is 20.0 Å². The van der Waals surface area contributed by atoms with Gasteiger partial charge in [0.25, 0.3) is 5.91 Å². The van der Waals surface area contributed by atoms with Crippen LogP contribution in [0.2, 0.25) is 10.0 Å². The summed E-state index contributed by atoms with van der Waals surface area (Å²) in [4.78, 5) is 17.9. The van der Waals surface area contributed by atoms with E-state index in [1.54, 1.807) is 24.4 Å². The van der Waals surface area contributed by atoms with Gasteiger partial charge in [0.1, 0.15) is 11.5 Å². The molecule has 2 heterocycles. The predicted octanol–water partition coefficient (Wildman–Crippen LogP) is 6.24. The molecule has 0 unspecified atom stereocenters. The summed E-state index contributed by atoms with van der Waals surface area (Å²) in [5.41, 5.74) is 6.76. The maximum absolute atomic E-state index is 13.2. The molecule has 1 amide bonds. The summed E-state index contributed by atoms with van der Waals surface area (Å²) in [7, 11) is 0. The van der Waals surface area contributed by atoms with E-state index in [1.807, 2.05) is 64.2 Å². The summed E-state index contributed by atoms with van der Waals surface area (Å²) in [5.74, 6) is 0.710. The zero-order chi connectivity index (χ0) is 25.1. The molecule has 0 atom stereocenters. The number of rotatable bonds is 5. The molecule has 1 fully saturated rings. The second-order valence-electron chi connectivity index (χ2n) is 8.71. The standard InChI is InChI=1S/C28H23Cl2N5O/c29-22-9-11-23(12-10-22)35-18-26(32-27(35)24-3-1-2-4-25(24)30)28(36)33-34-15-13-21(14-16-34)20-7-5-19(17-31)6-8-20/h1-12,18,21H,13-16H2,(H,33,36). The topological polar surface area (TPSA) is 74.0 Å². The van der Waals surface area contributed by atoms with E-state index >= 15 is 0 Å². The third-order valence-electron chi connectivity index (χ3n) is 6.42. The number of hydrogen-bond acceptors (Lipinski definition) is 4. The second kappa shape index (κ2) is 10.5. The van der Waals surface area contributed by atoms with Gasteiger partial charge in [-0.3, -0.25) is 14.8 Å². The maximum Gasteiger partial charge on any atom is 0.285 e. The number of aromatic nitrogens is 2. The van der Waals surface area contributed by atoms with Gasteiger partial charge >= 0.3 is 0 Å². The van der Waals surface area contributed by atoms with E-state index in [9.17, 15) is 4.79 Å². The SMILES string of the molecule is N#Cc1ccc(C2CCN(NC(=O)c3cn(-c4ccc(Cl)cc4)c(-c4ccccc4Cl)n3)CC2)cc1. The van der Waals surface area contributed by atoms with Crippen molar-refractivity contribution in [2.24, 2.45) is 0 Å². The van der Waals surface area contributed by atoms with Crippen molar-refractivity contribution in [1.29, 1.82) is 5.26 Å². The molecule has 1 N–H and O–H groups in total. The monoisotopic (exact) mass is 515 g/mol.